The quantitative estimate of drug-likeness (QED) is 0.737. The molecule has 1 aliphatic heterocycles. The number of hydrogen-bond donors (Lipinski definition) is 1. The largest absolute Gasteiger partial charge is 0.493 e. The number of aromatic nitrogens is 1. The molecule has 1 saturated heterocycles. The van der Waals surface area contributed by atoms with Gasteiger partial charge in [-0.1, -0.05) is 12.8 Å². The van der Waals surface area contributed by atoms with E-state index < -0.39 is 11.5 Å². The van der Waals surface area contributed by atoms with Gasteiger partial charge in [0.05, 0.1) is 26.9 Å². The minimum absolute atomic E-state index is 0.0203. The van der Waals surface area contributed by atoms with Gasteiger partial charge in [-0.15, -0.1) is 0 Å². The Morgan fingerprint density at radius 3 is 2.00 bits per heavy atom. The molecule has 0 saturated carbocycles. The third-order valence-corrected chi connectivity index (χ3v) is 5.50. The Hall–Kier alpha value is -3.49. The lowest BCUT2D eigenvalue weighted by Gasteiger charge is -2.21. The molecule has 0 unspecified atom stereocenters. The highest BCUT2D eigenvalue weighted by Crippen LogP contribution is 2.38. The third kappa shape index (κ3) is 4.87. The summed E-state index contributed by atoms with van der Waals surface area (Å²) in [6, 6.07) is 4.42. The van der Waals surface area contributed by atoms with E-state index in [9.17, 15) is 14.4 Å². The van der Waals surface area contributed by atoms with Crippen molar-refractivity contribution in [2.45, 2.75) is 25.7 Å². The van der Waals surface area contributed by atoms with Crippen LogP contribution in [-0.4, -0.2) is 55.7 Å². The van der Waals surface area contributed by atoms with Crippen LogP contribution in [0.25, 0.3) is 0 Å². The zero-order chi connectivity index (χ0) is 23.3. The van der Waals surface area contributed by atoms with E-state index in [1.807, 2.05) is 0 Å². The second kappa shape index (κ2) is 10.2. The van der Waals surface area contributed by atoms with Crippen LogP contribution >= 0.6 is 0 Å². The SMILES string of the molecule is COc1cc(C(=O)Nc2cc(C(=O)N3CCCCCC3)cn(C)c2=O)cc(OC)c1OC. The molecule has 2 heterocycles. The Morgan fingerprint density at radius 2 is 1.47 bits per heavy atom. The minimum Gasteiger partial charge on any atom is -0.493 e. The van der Waals surface area contributed by atoms with E-state index >= 15 is 0 Å². The maximum absolute atomic E-state index is 13.0. The van der Waals surface area contributed by atoms with Gasteiger partial charge < -0.3 is 29.0 Å². The molecule has 1 N–H and O–H groups in total. The summed E-state index contributed by atoms with van der Waals surface area (Å²) in [5, 5.41) is 2.62. The first-order chi connectivity index (χ1) is 15.4. The molecule has 2 amide bonds. The monoisotopic (exact) mass is 443 g/mol. The van der Waals surface area contributed by atoms with E-state index in [1.54, 1.807) is 11.9 Å². The van der Waals surface area contributed by atoms with Gasteiger partial charge >= 0.3 is 0 Å². The molecule has 1 aromatic carbocycles. The summed E-state index contributed by atoms with van der Waals surface area (Å²) in [4.78, 5) is 40.4. The number of aryl methyl sites for hydroxylation is 1. The molecular formula is C23H29N3O6. The number of carbonyl (C=O) groups excluding carboxylic acids is 2. The van der Waals surface area contributed by atoms with Gasteiger partial charge in [-0.05, 0) is 31.0 Å². The third-order valence-electron chi connectivity index (χ3n) is 5.50. The van der Waals surface area contributed by atoms with E-state index in [-0.39, 0.29) is 17.2 Å². The lowest BCUT2D eigenvalue weighted by molar-refractivity contribution is 0.0760. The van der Waals surface area contributed by atoms with E-state index in [2.05, 4.69) is 5.32 Å². The van der Waals surface area contributed by atoms with Crippen molar-refractivity contribution in [3.8, 4) is 17.2 Å². The van der Waals surface area contributed by atoms with Crippen LogP contribution in [0.15, 0.2) is 29.2 Å². The second-order valence-electron chi connectivity index (χ2n) is 7.63. The number of anilines is 1. The van der Waals surface area contributed by atoms with Crippen molar-refractivity contribution in [2.75, 3.05) is 39.7 Å². The molecule has 3 rings (SSSR count). The number of nitrogens with one attached hydrogen (secondary N) is 1. The van der Waals surface area contributed by atoms with Crippen LogP contribution in [-0.2, 0) is 7.05 Å². The van der Waals surface area contributed by atoms with E-state index in [0.717, 1.165) is 25.7 Å². The van der Waals surface area contributed by atoms with Gasteiger partial charge in [0.15, 0.2) is 11.5 Å². The summed E-state index contributed by atoms with van der Waals surface area (Å²) in [6.07, 6.45) is 5.63. The van der Waals surface area contributed by atoms with Crippen molar-refractivity contribution >= 4 is 17.5 Å². The Labute approximate surface area is 186 Å². The van der Waals surface area contributed by atoms with Gasteiger partial charge in [0.25, 0.3) is 17.4 Å². The van der Waals surface area contributed by atoms with Crippen molar-refractivity contribution in [3.63, 3.8) is 0 Å². The second-order valence-corrected chi connectivity index (χ2v) is 7.63. The molecule has 32 heavy (non-hydrogen) atoms. The fourth-order valence-corrected chi connectivity index (χ4v) is 3.78. The molecule has 9 heteroatoms. The number of pyridine rings is 1. The minimum atomic E-state index is -0.541. The predicted octanol–water partition coefficient (Wildman–Crippen LogP) is 2.68. The molecule has 0 radical (unpaired) electrons. The summed E-state index contributed by atoms with van der Waals surface area (Å²) in [6.45, 7) is 1.38. The Balaban J connectivity index is 1.91. The predicted molar refractivity (Wildman–Crippen MR) is 120 cm³/mol. The van der Waals surface area contributed by atoms with Gasteiger partial charge in [0, 0.05) is 31.9 Å². The molecule has 172 valence electrons. The van der Waals surface area contributed by atoms with Crippen LogP contribution in [0.3, 0.4) is 0 Å². The number of likely N-dealkylation sites (tertiary alicyclic amines) is 1. The zero-order valence-corrected chi connectivity index (χ0v) is 18.9. The average Bonchev–Trinajstić information content (AvgIpc) is 3.09. The summed E-state index contributed by atoms with van der Waals surface area (Å²) in [7, 11) is 5.92. The lowest BCUT2D eigenvalue weighted by Crippen LogP contribution is -2.33. The molecular weight excluding hydrogens is 414 g/mol. The molecule has 0 aliphatic carbocycles. The summed E-state index contributed by atoms with van der Waals surface area (Å²) in [5.41, 5.74) is 0.171. The summed E-state index contributed by atoms with van der Waals surface area (Å²) in [5.74, 6) is 0.295. The van der Waals surface area contributed by atoms with Crippen molar-refractivity contribution in [3.05, 3.63) is 45.9 Å². The van der Waals surface area contributed by atoms with Crippen LogP contribution in [0.4, 0.5) is 5.69 Å². The molecule has 1 aliphatic rings. The number of hydrogen-bond acceptors (Lipinski definition) is 6. The van der Waals surface area contributed by atoms with E-state index in [0.29, 0.717) is 35.9 Å². The number of rotatable bonds is 6. The number of amides is 2. The van der Waals surface area contributed by atoms with Gasteiger partial charge in [-0.3, -0.25) is 14.4 Å². The van der Waals surface area contributed by atoms with Crippen LogP contribution < -0.4 is 25.1 Å². The first-order valence-corrected chi connectivity index (χ1v) is 10.5. The smallest absolute Gasteiger partial charge is 0.274 e. The van der Waals surface area contributed by atoms with Crippen molar-refractivity contribution < 1.29 is 23.8 Å². The van der Waals surface area contributed by atoms with Gasteiger partial charge in [0.2, 0.25) is 5.75 Å². The number of carbonyl (C=O) groups is 2. The maximum Gasteiger partial charge on any atom is 0.274 e. The van der Waals surface area contributed by atoms with Gasteiger partial charge in [-0.2, -0.15) is 0 Å². The molecule has 1 aromatic heterocycles. The molecule has 1 fully saturated rings. The first-order valence-electron chi connectivity index (χ1n) is 10.5. The number of benzene rings is 1. The Bertz CT molecular complexity index is 1030. The average molecular weight is 444 g/mol. The van der Waals surface area contributed by atoms with Crippen molar-refractivity contribution in [2.24, 2.45) is 7.05 Å². The number of methoxy groups -OCH3 is 3. The van der Waals surface area contributed by atoms with Crippen LogP contribution in [0.5, 0.6) is 17.2 Å². The summed E-state index contributed by atoms with van der Waals surface area (Å²) < 4.78 is 17.2. The Morgan fingerprint density at radius 1 is 0.875 bits per heavy atom. The number of nitrogens with zero attached hydrogens (tertiary/aromatic N) is 2. The van der Waals surface area contributed by atoms with Gasteiger partial charge in [-0.25, -0.2) is 0 Å². The Kier molecular flexibility index (Phi) is 7.40. The maximum atomic E-state index is 13.0. The molecule has 0 bridgehead atoms. The van der Waals surface area contributed by atoms with Crippen LogP contribution in [0.1, 0.15) is 46.4 Å². The highest BCUT2D eigenvalue weighted by molar-refractivity contribution is 6.05. The topological polar surface area (TPSA) is 99.1 Å². The molecule has 0 atom stereocenters. The van der Waals surface area contributed by atoms with E-state index in [4.69, 9.17) is 14.2 Å². The normalized spacial score (nSPS) is 13.8. The number of ether oxygens (including phenoxy) is 3. The lowest BCUT2D eigenvalue weighted by atomic mass is 10.1. The highest BCUT2D eigenvalue weighted by atomic mass is 16.5. The first kappa shape index (κ1) is 23.2. The van der Waals surface area contributed by atoms with E-state index in [1.165, 1.54) is 50.3 Å². The fraction of sp³-hybridized carbons (Fsp3) is 0.435. The van der Waals surface area contributed by atoms with Crippen LogP contribution in [0, 0.1) is 0 Å². The van der Waals surface area contributed by atoms with Gasteiger partial charge in [0.1, 0.15) is 5.69 Å². The zero-order valence-electron chi connectivity index (χ0n) is 18.9. The standard InChI is InChI=1S/C23H29N3O6/c1-25-14-16(22(28)26-9-7-5-6-8-10-26)11-17(23(25)29)24-21(27)15-12-18(30-2)20(32-4)19(13-15)31-3/h11-14H,5-10H2,1-4H3,(H,24,27). The summed E-state index contributed by atoms with van der Waals surface area (Å²) >= 11 is 0. The molecule has 9 nitrogen and oxygen atoms in total. The van der Waals surface area contributed by atoms with Crippen molar-refractivity contribution in [1.82, 2.24) is 9.47 Å². The van der Waals surface area contributed by atoms with Crippen molar-refractivity contribution in [1.29, 1.82) is 0 Å². The fourth-order valence-electron chi connectivity index (χ4n) is 3.78. The van der Waals surface area contributed by atoms with Crippen LogP contribution in [0.2, 0.25) is 0 Å². The molecule has 0 spiro atoms. The molecule has 2 aromatic rings. The highest BCUT2D eigenvalue weighted by Gasteiger charge is 2.21.